The Bertz CT molecular complexity index is 495. The van der Waals surface area contributed by atoms with Crippen LogP contribution in [0.1, 0.15) is 33.6 Å². The monoisotopic (exact) mass is 246 g/mol. The number of carbonyl (C=O) groups is 2. The Labute approximate surface area is 105 Å². The molecule has 2 rings (SSSR count). The Hall–Kier alpha value is -2.17. The predicted molar refractivity (Wildman–Crippen MR) is 65.5 cm³/mol. The van der Waals surface area contributed by atoms with Crippen LogP contribution < -0.4 is 0 Å². The molecule has 0 spiro atoms. The first kappa shape index (κ1) is 12.3. The van der Waals surface area contributed by atoms with E-state index in [1.54, 1.807) is 11.0 Å². The Kier molecular flexibility index (Phi) is 3.41. The minimum absolute atomic E-state index is 0.0581. The van der Waals surface area contributed by atoms with Crippen LogP contribution in [-0.4, -0.2) is 39.5 Å². The molecule has 1 amide bonds. The van der Waals surface area contributed by atoms with Crippen LogP contribution in [0.5, 0.6) is 0 Å². The van der Waals surface area contributed by atoms with Gasteiger partial charge in [0.25, 0.3) is 5.91 Å². The second-order valence-corrected chi connectivity index (χ2v) is 4.20. The highest BCUT2D eigenvalue weighted by atomic mass is 16.4. The van der Waals surface area contributed by atoms with Crippen LogP contribution in [0.2, 0.25) is 0 Å². The molecule has 0 aliphatic heterocycles. The Morgan fingerprint density at radius 1 is 1.50 bits per heavy atom. The molecular formula is C13H14N2O3. The van der Waals surface area contributed by atoms with E-state index >= 15 is 0 Å². The van der Waals surface area contributed by atoms with E-state index in [2.05, 4.69) is 11.6 Å². The molecule has 18 heavy (non-hydrogen) atoms. The summed E-state index contributed by atoms with van der Waals surface area (Å²) in [6.45, 7) is 4.06. The number of pyridine rings is 1. The van der Waals surface area contributed by atoms with Crippen LogP contribution in [0.4, 0.5) is 0 Å². The summed E-state index contributed by atoms with van der Waals surface area (Å²) in [5.74, 6) is -1.40. The number of hydrogen-bond donors (Lipinski definition) is 1. The summed E-state index contributed by atoms with van der Waals surface area (Å²) in [6.07, 6.45) is 6.21. The van der Waals surface area contributed by atoms with Gasteiger partial charge in [-0.2, -0.15) is 0 Å². The first-order chi connectivity index (χ1) is 8.65. The number of carboxylic acids is 1. The quantitative estimate of drug-likeness (QED) is 0.800. The van der Waals surface area contributed by atoms with Crippen molar-refractivity contribution in [3.05, 3.63) is 42.2 Å². The molecule has 1 saturated carbocycles. The lowest BCUT2D eigenvalue weighted by molar-refractivity contribution is 0.0675. The summed E-state index contributed by atoms with van der Waals surface area (Å²) >= 11 is 0. The van der Waals surface area contributed by atoms with Crippen molar-refractivity contribution in [2.75, 3.05) is 6.54 Å². The van der Waals surface area contributed by atoms with E-state index in [9.17, 15) is 9.59 Å². The number of aromatic nitrogens is 1. The highest BCUT2D eigenvalue weighted by molar-refractivity contribution is 6.04. The van der Waals surface area contributed by atoms with Gasteiger partial charge in [-0.1, -0.05) is 6.08 Å². The first-order valence-corrected chi connectivity index (χ1v) is 5.74. The van der Waals surface area contributed by atoms with Crippen LogP contribution in [-0.2, 0) is 0 Å². The molecular weight excluding hydrogens is 232 g/mol. The van der Waals surface area contributed by atoms with Gasteiger partial charge in [-0.05, 0) is 18.9 Å². The third kappa shape index (κ3) is 2.40. The van der Waals surface area contributed by atoms with Crippen LogP contribution in [0.15, 0.2) is 31.1 Å². The molecule has 1 fully saturated rings. The molecule has 0 aromatic carbocycles. The molecule has 0 atom stereocenters. The molecule has 1 heterocycles. The molecule has 5 nitrogen and oxygen atoms in total. The van der Waals surface area contributed by atoms with Crippen LogP contribution >= 0.6 is 0 Å². The van der Waals surface area contributed by atoms with Gasteiger partial charge in [0.15, 0.2) is 0 Å². The summed E-state index contributed by atoms with van der Waals surface area (Å²) in [7, 11) is 0. The molecule has 1 aliphatic carbocycles. The topological polar surface area (TPSA) is 70.5 Å². The molecule has 1 aromatic heterocycles. The van der Waals surface area contributed by atoms with Gasteiger partial charge in [0.05, 0.1) is 11.1 Å². The number of carboxylic acid groups (broad SMARTS) is 1. The number of amides is 1. The fourth-order valence-electron chi connectivity index (χ4n) is 1.83. The summed E-state index contributed by atoms with van der Waals surface area (Å²) < 4.78 is 0. The number of nitrogens with zero attached hydrogens (tertiary/aromatic N) is 2. The zero-order valence-electron chi connectivity index (χ0n) is 9.87. The predicted octanol–water partition coefficient (Wildman–Crippen LogP) is 1.57. The largest absolute Gasteiger partial charge is 0.478 e. The zero-order chi connectivity index (χ0) is 13.1. The number of carbonyl (C=O) groups excluding carboxylic acids is 1. The van der Waals surface area contributed by atoms with E-state index in [1.165, 1.54) is 18.5 Å². The van der Waals surface area contributed by atoms with Gasteiger partial charge in [-0.3, -0.25) is 9.78 Å². The average molecular weight is 246 g/mol. The van der Waals surface area contributed by atoms with Gasteiger partial charge in [-0.25, -0.2) is 4.79 Å². The van der Waals surface area contributed by atoms with Crippen molar-refractivity contribution in [1.82, 2.24) is 9.88 Å². The van der Waals surface area contributed by atoms with Crippen molar-refractivity contribution in [3.8, 4) is 0 Å². The lowest BCUT2D eigenvalue weighted by atomic mass is 10.1. The Morgan fingerprint density at radius 3 is 2.78 bits per heavy atom. The Morgan fingerprint density at radius 2 is 2.22 bits per heavy atom. The van der Waals surface area contributed by atoms with Gasteiger partial charge < -0.3 is 10.0 Å². The fourth-order valence-corrected chi connectivity index (χ4v) is 1.83. The second-order valence-electron chi connectivity index (χ2n) is 4.20. The van der Waals surface area contributed by atoms with Crippen LogP contribution in [0, 0.1) is 0 Å². The van der Waals surface area contributed by atoms with Crippen molar-refractivity contribution in [2.45, 2.75) is 18.9 Å². The van der Waals surface area contributed by atoms with E-state index in [-0.39, 0.29) is 23.1 Å². The molecule has 0 radical (unpaired) electrons. The van der Waals surface area contributed by atoms with E-state index in [1.807, 2.05) is 0 Å². The smallest absolute Gasteiger partial charge is 0.338 e. The van der Waals surface area contributed by atoms with Crippen molar-refractivity contribution in [2.24, 2.45) is 0 Å². The highest BCUT2D eigenvalue weighted by Crippen LogP contribution is 2.28. The number of rotatable bonds is 5. The van der Waals surface area contributed by atoms with E-state index in [0.29, 0.717) is 6.54 Å². The molecule has 1 aromatic rings. The highest BCUT2D eigenvalue weighted by Gasteiger charge is 2.33. The standard InChI is InChI=1S/C13H14N2O3/c1-2-7-15(9-3-4-9)12(16)10-5-6-14-8-11(10)13(17)18/h2,5-6,8-9H,1,3-4,7H2,(H,17,18). The minimum Gasteiger partial charge on any atom is -0.478 e. The van der Waals surface area contributed by atoms with E-state index in [4.69, 9.17) is 5.11 Å². The third-order valence-corrected chi connectivity index (χ3v) is 2.86. The summed E-state index contributed by atoms with van der Waals surface area (Å²) in [5, 5.41) is 9.05. The van der Waals surface area contributed by atoms with Crippen molar-refractivity contribution in [3.63, 3.8) is 0 Å². The maximum Gasteiger partial charge on any atom is 0.338 e. The van der Waals surface area contributed by atoms with Crippen molar-refractivity contribution in [1.29, 1.82) is 0 Å². The van der Waals surface area contributed by atoms with E-state index < -0.39 is 5.97 Å². The van der Waals surface area contributed by atoms with Gasteiger partial charge in [0.1, 0.15) is 0 Å². The zero-order valence-corrected chi connectivity index (χ0v) is 9.87. The fraction of sp³-hybridized carbons (Fsp3) is 0.308. The summed E-state index contributed by atoms with van der Waals surface area (Å²) in [4.78, 5) is 28.8. The normalized spacial score (nSPS) is 14.0. The molecule has 0 saturated heterocycles. The number of aromatic carboxylic acids is 1. The average Bonchev–Trinajstić information content (AvgIpc) is 3.19. The van der Waals surface area contributed by atoms with E-state index in [0.717, 1.165) is 12.8 Å². The molecule has 1 N–H and O–H groups in total. The van der Waals surface area contributed by atoms with Gasteiger partial charge in [0, 0.05) is 25.0 Å². The third-order valence-electron chi connectivity index (χ3n) is 2.86. The van der Waals surface area contributed by atoms with Crippen molar-refractivity contribution < 1.29 is 14.7 Å². The first-order valence-electron chi connectivity index (χ1n) is 5.74. The Balaban J connectivity index is 2.31. The lowest BCUT2D eigenvalue weighted by Crippen LogP contribution is -2.34. The molecule has 94 valence electrons. The van der Waals surface area contributed by atoms with Gasteiger partial charge in [-0.15, -0.1) is 6.58 Å². The maximum atomic E-state index is 12.3. The SMILES string of the molecule is C=CCN(C(=O)c1ccncc1C(=O)O)C1CC1. The van der Waals surface area contributed by atoms with Gasteiger partial charge in [0.2, 0.25) is 0 Å². The van der Waals surface area contributed by atoms with Crippen LogP contribution in [0.25, 0.3) is 0 Å². The van der Waals surface area contributed by atoms with Crippen molar-refractivity contribution >= 4 is 11.9 Å². The molecule has 5 heteroatoms. The lowest BCUT2D eigenvalue weighted by Gasteiger charge is -2.21. The van der Waals surface area contributed by atoms with Crippen LogP contribution in [0.3, 0.4) is 0 Å². The number of hydrogen-bond acceptors (Lipinski definition) is 3. The maximum absolute atomic E-state index is 12.3. The second kappa shape index (κ2) is 5.00. The summed E-state index contributed by atoms with van der Waals surface area (Å²) in [5.41, 5.74) is 0.128. The van der Waals surface area contributed by atoms with Gasteiger partial charge >= 0.3 is 5.97 Å². The minimum atomic E-state index is -1.14. The molecule has 1 aliphatic rings. The molecule has 0 bridgehead atoms. The molecule has 0 unspecified atom stereocenters. The summed E-state index contributed by atoms with van der Waals surface area (Å²) in [6, 6.07) is 1.66.